The molecule has 0 radical (unpaired) electrons. The SMILES string of the molecule is OCCc1ccc(NCc2cc(Cl)ccc2Cl)cc1. The Kier molecular flexibility index (Phi) is 5.08. The van der Waals surface area contributed by atoms with E-state index in [0.29, 0.717) is 23.0 Å². The van der Waals surface area contributed by atoms with E-state index in [1.807, 2.05) is 30.3 Å². The van der Waals surface area contributed by atoms with Crippen molar-refractivity contribution in [2.45, 2.75) is 13.0 Å². The lowest BCUT2D eigenvalue weighted by molar-refractivity contribution is 0.299. The van der Waals surface area contributed by atoms with Gasteiger partial charge in [0, 0.05) is 28.9 Å². The largest absolute Gasteiger partial charge is 0.396 e. The van der Waals surface area contributed by atoms with Gasteiger partial charge >= 0.3 is 0 Å². The van der Waals surface area contributed by atoms with E-state index in [2.05, 4.69) is 5.32 Å². The Morgan fingerprint density at radius 1 is 1.00 bits per heavy atom. The Morgan fingerprint density at radius 3 is 2.42 bits per heavy atom. The molecule has 2 nitrogen and oxygen atoms in total. The zero-order valence-corrected chi connectivity index (χ0v) is 11.9. The number of aliphatic hydroxyl groups excluding tert-OH is 1. The lowest BCUT2D eigenvalue weighted by Crippen LogP contribution is -2.00. The highest BCUT2D eigenvalue weighted by molar-refractivity contribution is 6.33. The molecular weight excluding hydrogens is 281 g/mol. The zero-order chi connectivity index (χ0) is 13.7. The number of nitrogens with one attached hydrogen (secondary N) is 1. The van der Waals surface area contributed by atoms with Crippen molar-refractivity contribution in [1.29, 1.82) is 0 Å². The van der Waals surface area contributed by atoms with Crippen molar-refractivity contribution in [2.75, 3.05) is 11.9 Å². The van der Waals surface area contributed by atoms with Gasteiger partial charge in [0.25, 0.3) is 0 Å². The van der Waals surface area contributed by atoms with Crippen molar-refractivity contribution in [3.63, 3.8) is 0 Å². The summed E-state index contributed by atoms with van der Waals surface area (Å²) in [7, 11) is 0. The van der Waals surface area contributed by atoms with Gasteiger partial charge in [0.2, 0.25) is 0 Å². The number of rotatable bonds is 5. The van der Waals surface area contributed by atoms with Gasteiger partial charge in [-0.1, -0.05) is 35.3 Å². The van der Waals surface area contributed by atoms with E-state index in [-0.39, 0.29) is 6.61 Å². The van der Waals surface area contributed by atoms with E-state index in [1.165, 1.54) is 0 Å². The highest BCUT2D eigenvalue weighted by Crippen LogP contribution is 2.21. The highest BCUT2D eigenvalue weighted by atomic mass is 35.5. The van der Waals surface area contributed by atoms with E-state index in [4.69, 9.17) is 28.3 Å². The van der Waals surface area contributed by atoms with Gasteiger partial charge in [-0.2, -0.15) is 0 Å². The van der Waals surface area contributed by atoms with E-state index in [0.717, 1.165) is 16.8 Å². The molecule has 0 saturated carbocycles. The minimum Gasteiger partial charge on any atom is -0.396 e. The summed E-state index contributed by atoms with van der Waals surface area (Å²) in [6.45, 7) is 0.795. The molecule has 4 heteroatoms. The van der Waals surface area contributed by atoms with Crippen LogP contribution in [-0.4, -0.2) is 11.7 Å². The molecule has 0 bridgehead atoms. The van der Waals surface area contributed by atoms with Crippen molar-refractivity contribution in [3.05, 3.63) is 63.6 Å². The van der Waals surface area contributed by atoms with Crippen LogP contribution < -0.4 is 5.32 Å². The van der Waals surface area contributed by atoms with E-state index >= 15 is 0 Å². The molecule has 19 heavy (non-hydrogen) atoms. The normalized spacial score (nSPS) is 10.5. The molecule has 0 spiro atoms. The van der Waals surface area contributed by atoms with Gasteiger partial charge in [-0.15, -0.1) is 0 Å². The average molecular weight is 296 g/mol. The summed E-state index contributed by atoms with van der Waals surface area (Å²) in [4.78, 5) is 0. The predicted octanol–water partition coefficient (Wildman–Crippen LogP) is 4.14. The average Bonchev–Trinajstić information content (AvgIpc) is 2.42. The number of hydrogen-bond acceptors (Lipinski definition) is 2. The summed E-state index contributed by atoms with van der Waals surface area (Å²) in [5, 5.41) is 13.5. The molecule has 0 saturated heterocycles. The summed E-state index contributed by atoms with van der Waals surface area (Å²) in [5.41, 5.74) is 3.10. The molecule has 2 N–H and O–H groups in total. The monoisotopic (exact) mass is 295 g/mol. The van der Waals surface area contributed by atoms with Gasteiger partial charge in [-0.3, -0.25) is 0 Å². The smallest absolute Gasteiger partial charge is 0.0471 e. The van der Waals surface area contributed by atoms with Crippen LogP contribution in [-0.2, 0) is 13.0 Å². The first-order chi connectivity index (χ1) is 9.19. The topological polar surface area (TPSA) is 32.3 Å². The quantitative estimate of drug-likeness (QED) is 0.869. The minimum absolute atomic E-state index is 0.172. The van der Waals surface area contributed by atoms with E-state index < -0.39 is 0 Å². The third-order valence-corrected chi connectivity index (χ3v) is 3.45. The van der Waals surface area contributed by atoms with Crippen molar-refractivity contribution >= 4 is 28.9 Å². The highest BCUT2D eigenvalue weighted by Gasteiger charge is 2.01. The first kappa shape index (κ1) is 14.2. The molecule has 0 heterocycles. The molecule has 0 atom stereocenters. The molecule has 0 aliphatic rings. The molecule has 2 aromatic carbocycles. The summed E-state index contributed by atoms with van der Waals surface area (Å²) >= 11 is 12.0. The van der Waals surface area contributed by atoms with Gasteiger partial charge in [0.15, 0.2) is 0 Å². The lowest BCUT2D eigenvalue weighted by atomic mass is 10.1. The fourth-order valence-electron chi connectivity index (χ4n) is 1.79. The first-order valence-corrected chi connectivity index (χ1v) is 6.82. The standard InChI is InChI=1S/C15H15Cl2NO/c16-13-3-6-15(17)12(9-13)10-18-14-4-1-11(2-5-14)7-8-19/h1-6,9,18-19H,7-8,10H2. The maximum Gasteiger partial charge on any atom is 0.0471 e. The molecular formula is C15H15Cl2NO. The third-order valence-electron chi connectivity index (χ3n) is 2.85. The molecule has 0 fully saturated rings. The maximum atomic E-state index is 8.85. The summed E-state index contributed by atoms with van der Waals surface area (Å²) in [6, 6.07) is 13.4. The second-order valence-corrected chi connectivity index (χ2v) is 5.10. The fourth-order valence-corrected chi connectivity index (χ4v) is 2.17. The molecule has 0 aliphatic carbocycles. The molecule has 0 amide bonds. The Morgan fingerprint density at radius 2 is 1.74 bits per heavy atom. The van der Waals surface area contributed by atoms with Gasteiger partial charge in [-0.25, -0.2) is 0 Å². The van der Waals surface area contributed by atoms with Crippen molar-refractivity contribution in [2.24, 2.45) is 0 Å². The van der Waals surface area contributed by atoms with Crippen LogP contribution in [0.15, 0.2) is 42.5 Å². The molecule has 2 aromatic rings. The summed E-state index contributed by atoms with van der Waals surface area (Å²) in [5.74, 6) is 0. The van der Waals surface area contributed by atoms with Crippen LogP contribution in [0, 0.1) is 0 Å². The number of halogens is 2. The van der Waals surface area contributed by atoms with Crippen LogP contribution >= 0.6 is 23.2 Å². The van der Waals surface area contributed by atoms with E-state index in [1.54, 1.807) is 12.1 Å². The van der Waals surface area contributed by atoms with Crippen molar-refractivity contribution in [1.82, 2.24) is 0 Å². The Hall–Kier alpha value is -1.22. The Bertz CT molecular complexity index is 540. The van der Waals surface area contributed by atoms with Gasteiger partial charge < -0.3 is 10.4 Å². The van der Waals surface area contributed by atoms with Crippen molar-refractivity contribution < 1.29 is 5.11 Å². The van der Waals surface area contributed by atoms with Crippen LogP contribution in [0.2, 0.25) is 10.0 Å². The van der Waals surface area contributed by atoms with Gasteiger partial charge in [-0.05, 0) is 47.9 Å². The molecule has 2 rings (SSSR count). The van der Waals surface area contributed by atoms with Crippen molar-refractivity contribution in [3.8, 4) is 0 Å². The van der Waals surface area contributed by atoms with Crippen LogP contribution in [0.5, 0.6) is 0 Å². The Labute approximate surface area is 123 Å². The molecule has 100 valence electrons. The fraction of sp³-hybridized carbons (Fsp3) is 0.200. The van der Waals surface area contributed by atoms with E-state index in [9.17, 15) is 0 Å². The lowest BCUT2D eigenvalue weighted by Gasteiger charge is -2.09. The second kappa shape index (κ2) is 6.80. The second-order valence-electron chi connectivity index (χ2n) is 4.26. The molecule has 0 aromatic heterocycles. The molecule has 0 unspecified atom stereocenters. The van der Waals surface area contributed by atoms with Crippen LogP contribution in [0.1, 0.15) is 11.1 Å². The molecule has 0 aliphatic heterocycles. The summed E-state index contributed by atoms with van der Waals surface area (Å²) in [6.07, 6.45) is 0.681. The maximum absolute atomic E-state index is 8.85. The summed E-state index contributed by atoms with van der Waals surface area (Å²) < 4.78 is 0. The minimum atomic E-state index is 0.172. The third kappa shape index (κ3) is 4.13. The number of aliphatic hydroxyl groups is 1. The zero-order valence-electron chi connectivity index (χ0n) is 10.4. The van der Waals surface area contributed by atoms with Gasteiger partial charge in [0.1, 0.15) is 0 Å². The predicted molar refractivity (Wildman–Crippen MR) is 81.0 cm³/mol. The number of anilines is 1. The van der Waals surface area contributed by atoms with Gasteiger partial charge in [0.05, 0.1) is 0 Å². The number of hydrogen-bond donors (Lipinski definition) is 2. The first-order valence-electron chi connectivity index (χ1n) is 6.06. The van der Waals surface area contributed by atoms with Crippen LogP contribution in [0.3, 0.4) is 0 Å². The van der Waals surface area contributed by atoms with Crippen LogP contribution in [0.4, 0.5) is 5.69 Å². The van der Waals surface area contributed by atoms with Crippen LogP contribution in [0.25, 0.3) is 0 Å². The Balaban J connectivity index is 2.00. The number of benzene rings is 2.